The normalized spacial score (nSPS) is 21.8. The Balaban J connectivity index is 0.00000261. The molecule has 2 fully saturated rings. The van der Waals surface area contributed by atoms with E-state index in [1.54, 1.807) is 0 Å². The quantitative estimate of drug-likeness (QED) is 0.395. The Kier molecular flexibility index (Phi) is 8.82. The average Bonchev–Trinajstić information content (AvgIpc) is 3.13. The largest absolute Gasteiger partial charge is 0.379 e. The van der Waals surface area contributed by atoms with Crippen molar-refractivity contribution in [3.63, 3.8) is 0 Å². The van der Waals surface area contributed by atoms with Gasteiger partial charge in [0.25, 0.3) is 0 Å². The maximum atomic E-state index is 5.49. The average molecular weight is 486 g/mol. The number of likely N-dealkylation sites (tertiary alicyclic amines) is 1. The van der Waals surface area contributed by atoms with Crippen LogP contribution in [-0.4, -0.2) is 74.8 Å². The molecule has 1 N–H and O–H groups in total. The summed E-state index contributed by atoms with van der Waals surface area (Å²) < 4.78 is 5.49. The van der Waals surface area contributed by atoms with Crippen molar-refractivity contribution in [1.29, 1.82) is 0 Å². The molecule has 1 aromatic carbocycles. The number of hydrogen-bond donors (Lipinski definition) is 1. The van der Waals surface area contributed by atoms with E-state index in [1.807, 2.05) is 7.05 Å². The summed E-state index contributed by atoms with van der Waals surface area (Å²) in [5.74, 6) is 1.04. The van der Waals surface area contributed by atoms with Gasteiger partial charge in [-0.05, 0) is 23.8 Å². The van der Waals surface area contributed by atoms with Crippen molar-refractivity contribution < 1.29 is 4.74 Å². The molecule has 6 heteroatoms. The van der Waals surface area contributed by atoms with Crippen LogP contribution in [0.5, 0.6) is 0 Å². The van der Waals surface area contributed by atoms with Crippen molar-refractivity contribution >= 4 is 29.9 Å². The number of aliphatic imine (C=N–C) groups is 1. The van der Waals surface area contributed by atoms with Gasteiger partial charge in [-0.2, -0.15) is 0 Å². The van der Waals surface area contributed by atoms with Crippen LogP contribution in [0.4, 0.5) is 0 Å². The molecule has 1 unspecified atom stereocenters. The number of nitrogens with one attached hydrogen (secondary N) is 1. The highest BCUT2D eigenvalue weighted by molar-refractivity contribution is 14.0. The van der Waals surface area contributed by atoms with Crippen molar-refractivity contribution in [3.05, 3.63) is 35.9 Å². The monoisotopic (exact) mass is 486 g/mol. The van der Waals surface area contributed by atoms with Gasteiger partial charge in [-0.25, -0.2) is 0 Å². The molecule has 0 spiro atoms. The number of guanidine groups is 1. The molecule has 0 bridgehead atoms. The van der Waals surface area contributed by atoms with Gasteiger partial charge < -0.3 is 15.0 Å². The predicted octanol–water partition coefficient (Wildman–Crippen LogP) is 2.86. The van der Waals surface area contributed by atoms with Crippen molar-refractivity contribution in [2.75, 3.05) is 53.0 Å². The molecule has 2 saturated heterocycles. The second-order valence-corrected chi connectivity index (χ2v) is 8.26. The van der Waals surface area contributed by atoms with Gasteiger partial charge in [-0.1, -0.05) is 44.2 Å². The minimum Gasteiger partial charge on any atom is -0.379 e. The summed E-state index contributed by atoms with van der Waals surface area (Å²) >= 11 is 0. The van der Waals surface area contributed by atoms with E-state index in [1.165, 1.54) is 12.0 Å². The molecule has 152 valence electrons. The zero-order valence-corrected chi connectivity index (χ0v) is 19.3. The molecule has 27 heavy (non-hydrogen) atoms. The molecule has 1 aromatic rings. The lowest BCUT2D eigenvalue weighted by atomic mass is 9.86. The summed E-state index contributed by atoms with van der Waals surface area (Å²) in [6.07, 6.45) is 2.28. The van der Waals surface area contributed by atoms with Crippen LogP contribution in [0.3, 0.4) is 0 Å². The molecule has 2 aliphatic heterocycles. The van der Waals surface area contributed by atoms with Gasteiger partial charge in [0, 0.05) is 45.8 Å². The van der Waals surface area contributed by atoms with Gasteiger partial charge in [0.2, 0.25) is 0 Å². The van der Waals surface area contributed by atoms with Gasteiger partial charge in [-0.3, -0.25) is 9.89 Å². The van der Waals surface area contributed by atoms with E-state index >= 15 is 0 Å². The molecule has 2 aliphatic rings. The third-order valence-corrected chi connectivity index (χ3v) is 5.49. The third-order valence-electron chi connectivity index (χ3n) is 5.49. The van der Waals surface area contributed by atoms with E-state index in [4.69, 9.17) is 4.74 Å². The summed E-state index contributed by atoms with van der Waals surface area (Å²) in [5.41, 5.74) is 1.57. The molecule has 0 saturated carbocycles. The molecule has 5 nitrogen and oxygen atoms in total. The first-order valence-electron chi connectivity index (χ1n) is 9.89. The molecular weight excluding hydrogens is 451 g/mol. The minimum atomic E-state index is 0. The first-order chi connectivity index (χ1) is 12.6. The number of halogens is 1. The van der Waals surface area contributed by atoms with Crippen LogP contribution in [0.25, 0.3) is 0 Å². The fourth-order valence-electron chi connectivity index (χ4n) is 4.04. The summed E-state index contributed by atoms with van der Waals surface area (Å²) in [4.78, 5) is 9.54. The lowest BCUT2D eigenvalue weighted by molar-refractivity contribution is 0.0194. The fourth-order valence-corrected chi connectivity index (χ4v) is 4.04. The maximum Gasteiger partial charge on any atom is 0.193 e. The van der Waals surface area contributed by atoms with Crippen molar-refractivity contribution in [2.45, 2.75) is 32.7 Å². The molecule has 0 amide bonds. The zero-order chi connectivity index (χ0) is 18.4. The SMILES string of the molecule is CN=C(NCC(C)(C)Cc1ccccc1)N1CCC(N2CCOCC2)C1.I. The van der Waals surface area contributed by atoms with Gasteiger partial charge in [-0.15, -0.1) is 24.0 Å². The zero-order valence-electron chi connectivity index (χ0n) is 17.0. The highest BCUT2D eigenvalue weighted by atomic mass is 127. The highest BCUT2D eigenvalue weighted by Crippen LogP contribution is 2.22. The van der Waals surface area contributed by atoms with Crippen LogP contribution >= 0.6 is 24.0 Å². The van der Waals surface area contributed by atoms with Crippen LogP contribution < -0.4 is 5.32 Å². The Morgan fingerprint density at radius 2 is 1.89 bits per heavy atom. The summed E-state index contributed by atoms with van der Waals surface area (Å²) in [5, 5.41) is 3.63. The Labute approximate surface area is 181 Å². The topological polar surface area (TPSA) is 40.1 Å². The van der Waals surface area contributed by atoms with E-state index in [0.29, 0.717) is 6.04 Å². The molecule has 3 rings (SSSR count). The second kappa shape index (κ2) is 10.6. The molecule has 2 heterocycles. The summed E-state index contributed by atoms with van der Waals surface area (Å²) in [7, 11) is 1.90. The number of benzene rings is 1. The number of nitrogens with zero attached hydrogens (tertiary/aromatic N) is 3. The van der Waals surface area contributed by atoms with Crippen molar-refractivity contribution in [1.82, 2.24) is 15.1 Å². The number of rotatable bonds is 5. The highest BCUT2D eigenvalue weighted by Gasteiger charge is 2.30. The van der Waals surface area contributed by atoms with E-state index < -0.39 is 0 Å². The third kappa shape index (κ3) is 6.61. The maximum absolute atomic E-state index is 5.49. The smallest absolute Gasteiger partial charge is 0.193 e. The van der Waals surface area contributed by atoms with Crippen molar-refractivity contribution in [3.8, 4) is 0 Å². The second-order valence-electron chi connectivity index (χ2n) is 8.26. The van der Waals surface area contributed by atoms with Crippen LogP contribution in [0.15, 0.2) is 35.3 Å². The number of morpholine rings is 1. The van der Waals surface area contributed by atoms with Crippen molar-refractivity contribution in [2.24, 2.45) is 10.4 Å². The van der Waals surface area contributed by atoms with Gasteiger partial charge in [0.1, 0.15) is 0 Å². The van der Waals surface area contributed by atoms with E-state index in [0.717, 1.165) is 58.3 Å². The minimum absolute atomic E-state index is 0. The molecule has 0 aromatic heterocycles. The Bertz CT molecular complexity index is 587. The van der Waals surface area contributed by atoms with Gasteiger partial charge in [0.15, 0.2) is 5.96 Å². The van der Waals surface area contributed by atoms with E-state index in [-0.39, 0.29) is 29.4 Å². The molecular formula is C21H35IN4O. The Morgan fingerprint density at radius 1 is 1.19 bits per heavy atom. The fraction of sp³-hybridized carbons (Fsp3) is 0.667. The first kappa shape index (κ1) is 22.4. The van der Waals surface area contributed by atoms with Gasteiger partial charge >= 0.3 is 0 Å². The van der Waals surface area contributed by atoms with Crippen LogP contribution in [-0.2, 0) is 11.2 Å². The molecule has 0 radical (unpaired) electrons. The standard InChI is InChI=1S/C21H34N4O.HI/c1-21(2,15-18-7-5-4-6-8-18)17-23-20(22-3)25-10-9-19(16-25)24-11-13-26-14-12-24;/h4-8,19H,9-17H2,1-3H3,(H,22,23);1H. The van der Waals surface area contributed by atoms with Gasteiger partial charge in [0.05, 0.1) is 13.2 Å². The number of ether oxygens (including phenoxy) is 1. The predicted molar refractivity (Wildman–Crippen MR) is 123 cm³/mol. The van der Waals surface area contributed by atoms with Crippen LogP contribution in [0.1, 0.15) is 25.8 Å². The van der Waals surface area contributed by atoms with Crippen LogP contribution in [0.2, 0.25) is 0 Å². The summed E-state index contributed by atoms with van der Waals surface area (Å²) in [6, 6.07) is 11.4. The first-order valence-corrected chi connectivity index (χ1v) is 9.89. The van der Waals surface area contributed by atoms with Crippen LogP contribution in [0, 0.1) is 5.41 Å². The van der Waals surface area contributed by atoms with E-state index in [9.17, 15) is 0 Å². The molecule has 1 atom stereocenters. The Morgan fingerprint density at radius 3 is 2.56 bits per heavy atom. The van der Waals surface area contributed by atoms with E-state index in [2.05, 4.69) is 64.3 Å². The lowest BCUT2D eigenvalue weighted by Crippen LogP contribution is -2.48. The molecule has 0 aliphatic carbocycles. The summed E-state index contributed by atoms with van der Waals surface area (Å²) in [6.45, 7) is 11.6. The number of hydrogen-bond acceptors (Lipinski definition) is 3. The Hall–Kier alpha value is -0.860. The lowest BCUT2D eigenvalue weighted by Gasteiger charge is -2.33.